The second-order valence-corrected chi connectivity index (χ2v) is 4.65. The fraction of sp³-hybridized carbons (Fsp3) is 0.571. The summed E-state index contributed by atoms with van der Waals surface area (Å²) < 4.78 is 11.0. The normalized spacial score (nSPS) is 14.3. The van der Waals surface area contributed by atoms with Crippen LogP contribution < -0.4 is 10.1 Å². The molecule has 0 saturated heterocycles. The molecule has 0 aliphatic rings. The quantitative estimate of drug-likeness (QED) is 0.827. The van der Waals surface area contributed by atoms with Crippen LogP contribution in [-0.2, 0) is 11.2 Å². The molecule has 18 heavy (non-hydrogen) atoms. The van der Waals surface area contributed by atoms with Gasteiger partial charge in [0, 0.05) is 17.7 Å². The van der Waals surface area contributed by atoms with Crippen LogP contribution in [0.15, 0.2) is 18.2 Å². The molecule has 2 unspecified atom stereocenters. The molecule has 1 rings (SSSR count). The van der Waals surface area contributed by atoms with Crippen LogP contribution in [0.5, 0.6) is 5.75 Å². The topological polar surface area (TPSA) is 30.5 Å². The molecular formula is C14H22ClNO2. The predicted molar refractivity (Wildman–Crippen MR) is 75.6 cm³/mol. The van der Waals surface area contributed by atoms with Crippen molar-refractivity contribution in [2.24, 2.45) is 0 Å². The zero-order chi connectivity index (χ0) is 13.5. The minimum Gasteiger partial charge on any atom is -0.496 e. The van der Waals surface area contributed by atoms with Crippen molar-refractivity contribution in [1.29, 1.82) is 0 Å². The summed E-state index contributed by atoms with van der Waals surface area (Å²) >= 11 is 6.03. The Labute approximate surface area is 114 Å². The molecule has 0 spiro atoms. The molecular weight excluding hydrogens is 250 g/mol. The van der Waals surface area contributed by atoms with E-state index in [2.05, 4.69) is 12.2 Å². The fourth-order valence-corrected chi connectivity index (χ4v) is 2.22. The molecule has 0 bridgehead atoms. The Morgan fingerprint density at radius 2 is 2.11 bits per heavy atom. The lowest BCUT2D eigenvalue weighted by molar-refractivity contribution is 0.0495. The minimum atomic E-state index is 0.142. The summed E-state index contributed by atoms with van der Waals surface area (Å²) in [5.74, 6) is 0.864. The van der Waals surface area contributed by atoms with E-state index in [1.165, 1.54) is 0 Å². The number of rotatable bonds is 7. The summed E-state index contributed by atoms with van der Waals surface area (Å²) in [4.78, 5) is 0. The summed E-state index contributed by atoms with van der Waals surface area (Å²) in [6.45, 7) is 4.79. The number of methoxy groups -OCH3 is 1. The number of benzene rings is 1. The van der Waals surface area contributed by atoms with Gasteiger partial charge in [-0.2, -0.15) is 0 Å². The summed E-state index contributed by atoms with van der Waals surface area (Å²) in [5.41, 5.74) is 1.09. The SMILES string of the molecule is CCOC(C)C(Cc1cc(Cl)ccc1OC)NC. The molecule has 0 aliphatic carbocycles. The van der Waals surface area contributed by atoms with Crippen LogP contribution in [0.25, 0.3) is 0 Å². The maximum absolute atomic E-state index is 6.03. The van der Waals surface area contributed by atoms with Crippen LogP contribution in [-0.4, -0.2) is 32.9 Å². The van der Waals surface area contributed by atoms with E-state index >= 15 is 0 Å². The molecule has 0 heterocycles. The Morgan fingerprint density at radius 3 is 2.67 bits per heavy atom. The molecule has 0 fully saturated rings. The van der Waals surface area contributed by atoms with Crippen molar-refractivity contribution in [1.82, 2.24) is 5.32 Å². The van der Waals surface area contributed by atoms with Crippen LogP contribution in [0.4, 0.5) is 0 Å². The highest BCUT2D eigenvalue weighted by atomic mass is 35.5. The van der Waals surface area contributed by atoms with Crippen LogP contribution >= 0.6 is 11.6 Å². The average molecular weight is 272 g/mol. The van der Waals surface area contributed by atoms with Crippen LogP contribution in [0, 0.1) is 0 Å². The van der Waals surface area contributed by atoms with Crippen molar-refractivity contribution in [3.05, 3.63) is 28.8 Å². The Kier molecular flexibility index (Phi) is 6.47. The molecule has 1 aromatic rings. The molecule has 0 aliphatic heterocycles. The second-order valence-electron chi connectivity index (χ2n) is 4.22. The Balaban J connectivity index is 2.83. The highest BCUT2D eigenvalue weighted by molar-refractivity contribution is 6.30. The summed E-state index contributed by atoms with van der Waals surface area (Å²) in [7, 11) is 3.62. The Hall–Kier alpha value is -0.770. The number of ether oxygens (including phenoxy) is 2. The van der Waals surface area contributed by atoms with Crippen LogP contribution in [0.1, 0.15) is 19.4 Å². The maximum atomic E-state index is 6.03. The molecule has 1 N–H and O–H groups in total. The van der Waals surface area contributed by atoms with Gasteiger partial charge >= 0.3 is 0 Å². The predicted octanol–water partition coefficient (Wildman–Crippen LogP) is 2.90. The lowest BCUT2D eigenvalue weighted by atomic mass is 10.0. The Bertz CT molecular complexity index is 371. The van der Waals surface area contributed by atoms with Gasteiger partial charge in [0.1, 0.15) is 5.75 Å². The first kappa shape index (κ1) is 15.3. The van der Waals surface area contributed by atoms with Crippen LogP contribution in [0.3, 0.4) is 0 Å². The van der Waals surface area contributed by atoms with Gasteiger partial charge in [-0.1, -0.05) is 11.6 Å². The summed E-state index contributed by atoms with van der Waals surface area (Å²) in [5, 5.41) is 4.01. The van der Waals surface area contributed by atoms with Gasteiger partial charge in [-0.05, 0) is 51.1 Å². The van der Waals surface area contributed by atoms with Crippen molar-refractivity contribution in [2.75, 3.05) is 20.8 Å². The van der Waals surface area contributed by atoms with E-state index in [9.17, 15) is 0 Å². The van der Waals surface area contributed by atoms with Gasteiger partial charge in [-0.3, -0.25) is 0 Å². The van der Waals surface area contributed by atoms with E-state index in [4.69, 9.17) is 21.1 Å². The van der Waals surface area contributed by atoms with Gasteiger partial charge in [0.25, 0.3) is 0 Å². The van der Waals surface area contributed by atoms with E-state index in [0.717, 1.165) is 22.8 Å². The molecule has 0 amide bonds. The molecule has 2 atom stereocenters. The van der Waals surface area contributed by atoms with E-state index in [-0.39, 0.29) is 12.1 Å². The first-order valence-electron chi connectivity index (χ1n) is 6.23. The van der Waals surface area contributed by atoms with Gasteiger partial charge in [0.15, 0.2) is 0 Å². The lowest BCUT2D eigenvalue weighted by Gasteiger charge is -2.24. The second kappa shape index (κ2) is 7.62. The van der Waals surface area contributed by atoms with Gasteiger partial charge in [0.05, 0.1) is 13.2 Å². The van der Waals surface area contributed by atoms with E-state index in [1.54, 1.807) is 7.11 Å². The van der Waals surface area contributed by atoms with Gasteiger partial charge < -0.3 is 14.8 Å². The monoisotopic (exact) mass is 271 g/mol. The van der Waals surface area contributed by atoms with E-state index in [1.807, 2.05) is 32.2 Å². The third kappa shape index (κ3) is 4.16. The average Bonchev–Trinajstić information content (AvgIpc) is 2.36. The van der Waals surface area contributed by atoms with Gasteiger partial charge in [0.2, 0.25) is 0 Å². The number of hydrogen-bond donors (Lipinski definition) is 1. The van der Waals surface area contributed by atoms with E-state index in [0.29, 0.717) is 6.61 Å². The van der Waals surface area contributed by atoms with Crippen molar-refractivity contribution < 1.29 is 9.47 Å². The smallest absolute Gasteiger partial charge is 0.122 e. The van der Waals surface area contributed by atoms with Crippen molar-refractivity contribution in [3.63, 3.8) is 0 Å². The zero-order valence-corrected chi connectivity index (χ0v) is 12.3. The molecule has 1 aromatic carbocycles. The first-order chi connectivity index (χ1) is 8.62. The van der Waals surface area contributed by atoms with Gasteiger partial charge in [-0.15, -0.1) is 0 Å². The highest BCUT2D eigenvalue weighted by Crippen LogP contribution is 2.24. The lowest BCUT2D eigenvalue weighted by Crippen LogP contribution is -2.39. The first-order valence-corrected chi connectivity index (χ1v) is 6.61. The Morgan fingerprint density at radius 1 is 1.39 bits per heavy atom. The van der Waals surface area contributed by atoms with Crippen LogP contribution in [0.2, 0.25) is 5.02 Å². The standard InChI is InChI=1S/C14H22ClNO2/c1-5-18-10(2)13(16-3)9-11-8-12(15)6-7-14(11)17-4/h6-8,10,13,16H,5,9H2,1-4H3. The molecule has 102 valence electrons. The molecule has 4 heteroatoms. The van der Waals surface area contributed by atoms with Gasteiger partial charge in [-0.25, -0.2) is 0 Å². The van der Waals surface area contributed by atoms with Crippen molar-refractivity contribution >= 4 is 11.6 Å². The largest absolute Gasteiger partial charge is 0.496 e. The number of nitrogens with one attached hydrogen (secondary N) is 1. The fourth-order valence-electron chi connectivity index (χ4n) is 2.03. The molecule has 3 nitrogen and oxygen atoms in total. The molecule has 0 aromatic heterocycles. The zero-order valence-electron chi connectivity index (χ0n) is 11.5. The minimum absolute atomic E-state index is 0.142. The summed E-state index contributed by atoms with van der Waals surface area (Å²) in [6, 6.07) is 5.92. The third-order valence-electron chi connectivity index (χ3n) is 3.05. The molecule has 0 radical (unpaired) electrons. The number of hydrogen-bond acceptors (Lipinski definition) is 3. The number of likely N-dealkylation sites (N-methyl/N-ethyl adjacent to an activating group) is 1. The highest BCUT2D eigenvalue weighted by Gasteiger charge is 2.18. The maximum Gasteiger partial charge on any atom is 0.122 e. The number of halogens is 1. The van der Waals surface area contributed by atoms with E-state index < -0.39 is 0 Å². The van der Waals surface area contributed by atoms with Crippen molar-refractivity contribution in [2.45, 2.75) is 32.4 Å². The molecule has 0 saturated carbocycles. The third-order valence-corrected chi connectivity index (χ3v) is 3.28. The summed E-state index contributed by atoms with van der Waals surface area (Å²) in [6.07, 6.45) is 0.963. The van der Waals surface area contributed by atoms with Crippen molar-refractivity contribution in [3.8, 4) is 5.75 Å².